The first kappa shape index (κ1) is 43.4. The van der Waals surface area contributed by atoms with Gasteiger partial charge in [-0.25, -0.2) is 18.2 Å². The van der Waals surface area contributed by atoms with Crippen molar-refractivity contribution in [1.29, 1.82) is 0 Å². The van der Waals surface area contributed by atoms with Gasteiger partial charge in [-0.15, -0.1) is 6.58 Å². The van der Waals surface area contributed by atoms with E-state index in [4.69, 9.17) is 19.2 Å². The molecule has 3 saturated carbocycles. The smallest absolute Gasteiger partial charge is 0.408 e. The molecule has 2 bridgehead atoms. The zero-order valence-corrected chi connectivity index (χ0v) is 36.8. The highest BCUT2D eigenvalue weighted by atomic mass is 32.2. The molecule has 1 aromatic carbocycles. The number of fused-ring (bicyclic) bond motifs is 5. The number of benzene rings is 1. The average molecular weight is 871 g/mol. The Morgan fingerprint density at radius 1 is 1.08 bits per heavy atom. The lowest BCUT2D eigenvalue weighted by Crippen LogP contribution is -2.60. The van der Waals surface area contributed by atoms with Crippen LogP contribution in [0.2, 0.25) is 0 Å². The first-order chi connectivity index (χ1) is 29.5. The van der Waals surface area contributed by atoms with Crippen molar-refractivity contribution in [2.75, 3.05) is 13.2 Å². The Hall–Kier alpha value is -5.25. The minimum absolute atomic E-state index is 0.0145. The lowest BCUT2D eigenvalue weighted by Gasteiger charge is -2.35. The number of carbonyl (C=O) groups excluding carboxylic acids is 4. The molecule has 5 aliphatic rings. The molecule has 4 heterocycles. The van der Waals surface area contributed by atoms with E-state index in [1.54, 1.807) is 13.1 Å². The minimum atomic E-state index is -4.02. The van der Waals surface area contributed by atoms with E-state index in [2.05, 4.69) is 26.9 Å². The predicted molar refractivity (Wildman–Crippen MR) is 231 cm³/mol. The molecule has 62 heavy (non-hydrogen) atoms. The van der Waals surface area contributed by atoms with E-state index < -0.39 is 73.6 Å². The third-order valence-electron chi connectivity index (χ3n) is 13.3. The van der Waals surface area contributed by atoms with Crippen LogP contribution in [0, 0.1) is 17.3 Å². The number of hydrogen-bond acceptors (Lipinski definition) is 11. The number of alkyl carbamates (subject to hydrolysis) is 1. The molecule has 16 heteroatoms. The second-order valence-corrected chi connectivity index (χ2v) is 21.3. The van der Waals surface area contributed by atoms with Crippen molar-refractivity contribution in [3.63, 3.8) is 0 Å². The Morgan fingerprint density at radius 3 is 2.58 bits per heavy atom. The number of hydrogen-bond donors (Lipinski definition) is 3. The van der Waals surface area contributed by atoms with E-state index in [1.807, 2.05) is 63.4 Å². The van der Waals surface area contributed by atoms with Crippen molar-refractivity contribution < 1.29 is 41.8 Å². The van der Waals surface area contributed by atoms with E-state index >= 15 is 0 Å². The monoisotopic (exact) mass is 870 g/mol. The van der Waals surface area contributed by atoms with Crippen LogP contribution in [0.3, 0.4) is 0 Å². The maximum absolute atomic E-state index is 14.9. The average Bonchev–Trinajstić information content (AvgIpc) is 4.19. The van der Waals surface area contributed by atoms with E-state index in [0.717, 1.165) is 48.6 Å². The molecule has 3 aliphatic carbocycles. The summed E-state index contributed by atoms with van der Waals surface area (Å²) in [6, 6.07) is 9.34. The Bertz CT molecular complexity index is 2350. The van der Waals surface area contributed by atoms with Crippen LogP contribution in [0.15, 0.2) is 61.4 Å². The standard InChI is InChI=1S/C46H58N6O9S/c1-6-30-25-46(30,42(55)51-62(57,58)45(5)19-20-45)50-39(53)35-24-31-27-52(35)41(54)38(44(2,3)4)49-43(56)61-36-23-29(36)14-8-7-9-16-33-37(59-22-18-28-13-12-21-47-26-28)32-15-10-11-17-34(32)48-40(33)60-31/h6,10-13,15,17,21,26,29-31,35-36,38H,1,7-9,14,16,18-20,22-25,27H2,2-5H3,(H,49,56)(H,50,53)(H,51,55)/t29-,30-,31-,35+,36-,38-,46-/m1/s1. The lowest BCUT2D eigenvalue weighted by atomic mass is 9.85. The number of ether oxygens (including phenoxy) is 3. The van der Waals surface area contributed by atoms with Gasteiger partial charge in [0.25, 0.3) is 5.91 Å². The van der Waals surface area contributed by atoms with Crippen LogP contribution < -0.4 is 24.8 Å². The van der Waals surface area contributed by atoms with Crippen molar-refractivity contribution in [2.24, 2.45) is 17.3 Å². The van der Waals surface area contributed by atoms with Crippen LogP contribution in [0.1, 0.15) is 96.6 Å². The van der Waals surface area contributed by atoms with Gasteiger partial charge in [0, 0.05) is 36.5 Å². The molecular weight excluding hydrogens is 813 g/mol. The molecule has 0 spiro atoms. The summed E-state index contributed by atoms with van der Waals surface area (Å²) in [5, 5.41) is 6.52. The van der Waals surface area contributed by atoms with E-state index in [-0.39, 0.29) is 31.4 Å². The molecular formula is C46H58N6O9S. The van der Waals surface area contributed by atoms with Gasteiger partial charge in [-0.3, -0.25) is 24.1 Å². The summed E-state index contributed by atoms with van der Waals surface area (Å²) in [6.45, 7) is 11.2. The van der Waals surface area contributed by atoms with Crippen molar-refractivity contribution in [1.82, 2.24) is 30.2 Å². The van der Waals surface area contributed by atoms with Crippen LogP contribution in [0.5, 0.6) is 11.6 Å². The maximum Gasteiger partial charge on any atom is 0.408 e. The number of pyridine rings is 2. The normalized spacial score (nSPS) is 28.4. The highest BCUT2D eigenvalue weighted by Crippen LogP contribution is 2.47. The van der Waals surface area contributed by atoms with Gasteiger partial charge in [-0.2, -0.15) is 0 Å². The SMILES string of the molecule is C=C[C@@H]1C[C@]1(NC(=O)[C@@H]1C[C@@H]2CN1C(=O)[C@H](C(C)(C)C)NC(=O)O[C@@H]1C[C@H]1CCCCCc1c(nc3ccccc3c1OCCc1cccnc1)O2)C(=O)NS(=O)(=O)C1(C)CC1. The van der Waals surface area contributed by atoms with Crippen molar-refractivity contribution in [3.8, 4) is 11.6 Å². The van der Waals surface area contributed by atoms with Gasteiger partial charge in [0.2, 0.25) is 27.7 Å². The number of nitrogens with one attached hydrogen (secondary N) is 3. The van der Waals surface area contributed by atoms with Gasteiger partial charge in [-0.05, 0) is 87.0 Å². The molecule has 3 aromatic rings. The summed E-state index contributed by atoms with van der Waals surface area (Å²) in [7, 11) is -4.02. The Kier molecular flexibility index (Phi) is 11.8. The number of carbonyl (C=O) groups is 4. The number of aromatic nitrogens is 2. The lowest BCUT2D eigenvalue weighted by molar-refractivity contribution is -0.142. The number of sulfonamides is 1. The van der Waals surface area contributed by atoms with Gasteiger partial charge < -0.3 is 29.7 Å². The largest absolute Gasteiger partial charge is 0.492 e. The van der Waals surface area contributed by atoms with Crippen LogP contribution in [-0.4, -0.2) is 94.8 Å². The number of amides is 4. The van der Waals surface area contributed by atoms with Gasteiger partial charge >= 0.3 is 6.09 Å². The summed E-state index contributed by atoms with van der Waals surface area (Å²) >= 11 is 0. The second-order valence-electron chi connectivity index (χ2n) is 19.1. The Balaban J connectivity index is 1.14. The van der Waals surface area contributed by atoms with Gasteiger partial charge in [0.05, 0.1) is 29.0 Å². The van der Waals surface area contributed by atoms with Crippen LogP contribution in [0.4, 0.5) is 4.79 Å². The number of nitrogens with zero attached hydrogens (tertiary/aromatic N) is 3. The number of para-hydroxylation sites is 1. The molecule has 4 amide bonds. The summed E-state index contributed by atoms with van der Waals surface area (Å²) in [5.41, 5.74) is 0.0919. The van der Waals surface area contributed by atoms with Crippen molar-refractivity contribution in [2.45, 2.75) is 133 Å². The molecule has 4 fully saturated rings. The van der Waals surface area contributed by atoms with E-state index in [0.29, 0.717) is 49.4 Å². The molecule has 0 radical (unpaired) electrons. The Morgan fingerprint density at radius 2 is 1.87 bits per heavy atom. The first-order valence-electron chi connectivity index (χ1n) is 21.9. The zero-order valence-electron chi connectivity index (χ0n) is 36.0. The fourth-order valence-electron chi connectivity index (χ4n) is 8.81. The highest BCUT2D eigenvalue weighted by molar-refractivity contribution is 7.91. The maximum atomic E-state index is 14.9. The van der Waals surface area contributed by atoms with Crippen molar-refractivity contribution in [3.05, 3.63) is 72.6 Å². The molecule has 2 aromatic heterocycles. The van der Waals surface area contributed by atoms with Gasteiger partial charge in [-0.1, -0.05) is 57.9 Å². The molecule has 3 N–H and O–H groups in total. The first-order valence-corrected chi connectivity index (χ1v) is 23.4. The summed E-state index contributed by atoms with van der Waals surface area (Å²) in [4.78, 5) is 67.3. The molecule has 7 atom stereocenters. The summed E-state index contributed by atoms with van der Waals surface area (Å²) < 4.78 is 46.8. The molecule has 332 valence electrons. The quantitative estimate of drug-likeness (QED) is 0.224. The third kappa shape index (κ3) is 8.98. The predicted octanol–water partition coefficient (Wildman–Crippen LogP) is 5.30. The van der Waals surface area contributed by atoms with Gasteiger partial charge in [0.1, 0.15) is 35.6 Å². The minimum Gasteiger partial charge on any atom is -0.492 e. The van der Waals surface area contributed by atoms with E-state index in [9.17, 15) is 27.6 Å². The zero-order chi connectivity index (χ0) is 44.0. The number of rotatable bonds is 10. The fraction of sp³-hybridized carbons (Fsp3) is 0.565. The molecule has 0 unspecified atom stereocenters. The van der Waals surface area contributed by atoms with Crippen LogP contribution in [0.25, 0.3) is 10.9 Å². The van der Waals surface area contributed by atoms with Gasteiger partial charge in [0.15, 0.2) is 0 Å². The van der Waals surface area contributed by atoms with Crippen LogP contribution in [-0.2, 0) is 42.0 Å². The highest BCUT2D eigenvalue weighted by Gasteiger charge is 2.63. The third-order valence-corrected chi connectivity index (χ3v) is 15.4. The topological polar surface area (TPSA) is 195 Å². The van der Waals surface area contributed by atoms with E-state index in [1.165, 1.54) is 11.0 Å². The Labute approximate surface area is 363 Å². The summed E-state index contributed by atoms with van der Waals surface area (Å²) in [5.74, 6) is -1.33. The molecule has 2 aliphatic heterocycles. The summed E-state index contributed by atoms with van der Waals surface area (Å²) in [6.07, 6.45) is 9.91. The fourth-order valence-corrected chi connectivity index (χ4v) is 10.1. The molecule has 1 saturated heterocycles. The van der Waals surface area contributed by atoms with Crippen molar-refractivity contribution >= 4 is 44.7 Å². The second kappa shape index (κ2) is 16.8. The van der Waals surface area contributed by atoms with Crippen LogP contribution >= 0.6 is 0 Å². The molecule has 15 nitrogen and oxygen atoms in total. The molecule has 8 rings (SSSR count).